The summed E-state index contributed by atoms with van der Waals surface area (Å²) >= 11 is 0. The first-order valence-corrected chi connectivity index (χ1v) is 7.74. The molecule has 1 atom stereocenters. The van der Waals surface area contributed by atoms with Crippen LogP contribution < -0.4 is 5.32 Å². The summed E-state index contributed by atoms with van der Waals surface area (Å²) in [6, 6.07) is 9.56. The fourth-order valence-electron chi connectivity index (χ4n) is 2.89. The molecule has 1 N–H and O–H groups in total. The van der Waals surface area contributed by atoms with E-state index in [1.165, 1.54) is 17.9 Å². The van der Waals surface area contributed by atoms with Crippen molar-refractivity contribution < 1.29 is 14.1 Å². The van der Waals surface area contributed by atoms with Crippen LogP contribution in [0.2, 0.25) is 0 Å². The second kappa shape index (κ2) is 6.64. The number of anilines is 1. The van der Waals surface area contributed by atoms with Crippen molar-refractivity contribution in [2.75, 3.05) is 11.9 Å². The van der Waals surface area contributed by atoms with Crippen LogP contribution in [0.4, 0.5) is 5.82 Å². The molecule has 2 amide bonds. The molecule has 1 saturated heterocycles. The SMILES string of the molecule is Cc1ccc([C@@H]2CCCCN2C(=O)C(=O)Nc2ccon2)cc1. The van der Waals surface area contributed by atoms with Gasteiger partial charge in [0, 0.05) is 12.6 Å². The van der Waals surface area contributed by atoms with Gasteiger partial charge in [0.15, 0.2) is 5.82 Å². The number of nitrogens with one attached hydrogen (secondary N) is 1. The summed E-state index contributed by atoms with van der Waals surface area (Å²) in [4.78, 5) is 26.3. The quantitative estimate of drug-likeness (QED) is 0.865. The molecule has 120 valence electrons. The highest BCUT2D eigenvalue weighted by Gasteiger charge is 2.31. The molecule has 2 aromatic rings. The van der Waals surface area contributed by atoms with Gasteiger partial charge in [-0.3, -0.25) is 14.9 Å². The lowest BCUT2D eigenvalue weighted by atomic mass is 9.94. The number of nitrogens with zero attached hydrogens (tertiary/aromatic N) is 2. The highest BCUT2D eigenvalue weighted by Crippen LogP contribution is 2.31. The van der Waals surface area contributed by atoms with Crippen LogP contribution in [0.1, 0.15) is 36.4 Å². The number of piperidine rings is 1. The maximum Gasteiger partial charge on any atom is 0.315 e. The summed E-state index contributed by atoms with van der Waals surface area (Å²) in [5, 5.41) is 6.06. The molecule has 0 saturated carbocycles. The maximum absolute atomic E-state index is 12.5. The summed E-state index contributed by atoms with van der Waals surface area (Å²) in [6.45, 7) is 2.61. The molecule has 6 heteroatoms. The Morgan fingerprint density at radius 1 is 1.22 bits per heavy atom. The highest BCUT2D eigenvalue weighted by atomic mass is 16.5. The summed E-state index contributed by atoms with van der Waals surface area (Å²) in [7, 11) is 0. The fraction of sp³-hybridized carbons (Fsp3) is 0.353. The van der Waals surface area contributed by atoms with Gasteiger partial charge in [-0.05, 0) is 31.7 Å². The second-order valence-corrected chi connectivity index (χ2v) is 5.76. The van der Waals surface area contributed by atoms with Gasteiger partial charge in [0.25, 0.3) is 0 Å². The lowest BCUT2D eigenvalue weighted by molar-refractivity contribution is -0.145. The van der Waals surface area contributed by atoms with Crippen molar-refractivity contribution in [3.63, 3.8) is 0 Å². The first kappa shape index (κ1) is 15.3. The van der Waals surface area contributed by atoms with E-state index in [-0.39, 0.29) is 11.9 Å². The average Bonchev–Trinajstić information content (AvgIpc) is 3.08. The van der Waals surface area contributed by atoms with Crippen LogP contribution >= 0.6 is 0 Å². The van der Waals surface area contributed by atoms with E-state index in [0.29, 0.717) is 6.54 Å². The van der Waals surface area contributed by atoms with Crippen molar-refractivity contribution in [2.24, 2.45) is 0 Å². The van der Waals surface area contributed by atoms with E-state index >= 15 is 0 Å². The van der Waals surface area contributed by atoms with E-state index in [1.807, 2.05) is 31.2 Å². The zero-order valence-electron chi connectivity index (χ0n) is 13.0. The third-order valence-corrected chi connectivity index (χ3v) is 4.10. The molecule has 23 heavy (non-hydrogen) atoms. The number of amides is 2. The summed E-state index contributed by atoms with van der Waals surface area (Å²) < 4.78 is 4.65. The standard InChI is InChI=1S/C17H19N3O3/c1-12-5-7-13(8-6-12)14-4-2-3-10-20(14)17(22)16(21)18-15-9-11-23-19-15/h5-9,11,14H,2-4,10H2,1H3,(H,18,19,21)/t14-/m0/s1. The first-order chi connectivity index (χ1) is 11.1. The largest absolute Gasteiger partial charge is 0.363 e. The van der Waals surface area contributed by atoms with Crippen molar-refractivity contribution in [3.8, 4) is 0 Å². The van der Waals surface area contributed by atoms with Crippen LogP contribution in [0.15, 0.2) is 41.1 Å². The van der Waals surface area contributed by atoms with Gasteiger partial charge in [-0.15, -0.1) is 0 Å². The molecule has 1 aliphatic heterocycles. The van der Waals surface area contributed by atoms with Crippen molar-refractivity contribution >= 4 is 17.6 Å². The van der Waals surface area contributed by atoms with Crippen LogP contribution in [0.5, 0.6) is 0 Å². The second-order valence-electron chi connectivity index (χ2n) is 5.76. The zero-order chi connectivity index (χ0) is 16.2. The van der Waals surface area contributed by atoms with Gasteiger partial charge < -0.3 is 9.42 Å². The zero-order valence-corrected chi connectivity index (χ0v) is 13.0. The third kappa shape index (κ3) is 3.41. The van der Waals surface area contributed by atoms with E-state index < -0.39 is 11.8 Å². The summed E-state index contributed by atoms with van der Waals surface area (Å²) in [6.07, 6.45) is 4.17. The number of hydrogen-bond donors (Lipinski definition) is 1. The highest BCUT2D eigenvalue weighted by molar-refractivity contribution is 6.39. The van der Waals surface area contributed by atoms with Crippen molar-refractivity contribution in [1.82, 2.24) is 10.1 Å². The molecular formula is C17H19N3O3. The lowest BCUT2D eigenvalue weighted by Crippen LogP contribution is -2.44. The van der Waals surface area contributed by atoms with Gasteiger partial charge in [0.05, 0.1) is 6.04 Å². The van der Waals surface area contributed by atoms with Crippen molar-refractivity contribution in [3.05, 3.63) is 47.7 Å². The number of rotatable bonds is 2. The average molecular weight is 313 g/mol. The smallest absolute Gasteiger partial charge is 0.315 e. The third-order valence-electron chi connectivity index (χ3n) is 4.10. The molecule has 0 bridgehead atoms. The molecule has 1 fully saturated rings. The van der Waals surface area contributed by atoms with Crippen LogP contribution in [0.25, 0.3) is 0 Å². The minimum absolute atomic E-state index is 0.0556. The molecule has 0 spiro atoms. The van der Waals surface area contributed by atoms with Gasteiger partial charge in [-0.2, -0.15) is 0 Å². The van der Waals surface area contributed by atoms with Crippen LogP contribution in [0.3, 0.4) is 0 Å². The first-order valence-electron chi connectivity index (χ1n) is 7.74. The predicted molar refractivity (Wildman–Crippen MR) is 84.6 cm³/mol. The Kier molecular flexibility index (Phi) is 4.41. The van der Waals surface area contributed by atoms with E-state index in [4.69, 9.17) is 0 Å². The van der Waals surface area contributed by atoms with Gasteiger partial charge in [-0.1, -0.05) is 35.0 Å². The number of aromatic nitrogens is 1. The molecule has 0 aliphatic carbocycles. The number of likely N-dealkylation sites (tertiary alicyclic amines) is 1. The molecule has 3 rings (SSSR count). The number of hydrogen-bond acceptors (Lipinski definition) is 4. The number of aryl methyl sites for hydroxylation is 1. The minimum Gasteiger partial charge on any atom is -0.363 e. The number of carbonyl (C=O) groups is 2. The molecule has 0 unspecified atom stereocenters. The van der Waals surface area contributed by atoms with Crippen LogP contribution in [0, 0.1) is 6.92 Å². The Morgan fingerprint density at radius 3 is 2.70 bits per heavy atom. The van der Waals surface area contributed by atoms with Gasteiger partial charge >= 0.3 is 11.8 Å². The van der Waals surface area contributed by atoms with Crippen LogP contribution in [-0.4, -0.2) is 28.4 Å². The predicted octanol–water partition coefficient (Wildman–Crippen LogP) is 2.68. The Bertz CT molecular complexity index is 680. The molecule has 1 aromatic carbocycles. The molecule has 0 radical (unpaired) electrons. The van der Waals surface area contributed by atoms with Crippen LogP contribution in [-0.2, 0) is 9.59 Å². The van der Waals surface area contributed by atoms with E-state index in [9.17, 15) is 9.59 Å². The van der Waals surface area contributed by atoms with Crippen molar-refractivity contribution in [1.29, 1.82) is 0 Å². The minimum atomic E-state index is -0.682. The van der Waals surface area contributed by atoms with Gasteiger partial charge in [-0.25, -0.2) is 0 Å². The summed E-state index contributed by atoms with van der Waals surface area (Å²) in [5.74, 6) is -0.969. The Labute approximate surface area is 134 Å². The number of carbonyl (C=O) groups excluding carboxylic acids is 2. The summed E-state index contributed by atoms with van der Waals surface area (Å²) in [5.41, 5.74) is 2.24. The molecule has 6 nitrogen and oxygen atoms in total. The van der Waals surface area contributed by atoms with E-state index in [1.54, 1.807) is 4.90 Å². The van der Waals surface area contributed by atoms with Gasteiger partial charge in [0.2, 0.25) is 0 Å². The monoisotopic (exact) mass is 313 g/mol. The molecular weight excluding hydrogens is 294 g/mol. The molecule has 1 aromatic heterocycles. The van der Waals surface area contributed by atoms with E-state index in [2.05, 4.69) is 15.0 Å². The number of benzene rings is 1. The topological polar surface area (TPSA) is 75.4 Å². The Morgan fingerprint density at radius 2 is 2.00 bits per heavy atom. The molecule has 2 heterocycles. The normalized spacial score (nSPS) is 17.8. The molecule has 1 aliphatic rings. The Hall–Kier alpha value is -2.63. The maximum atomic E-state index is 12.5. The van der Waals surface area contributed by atoms with E-state index in [0.717, 1.165) is 24.8 Å². The Balaban J connectivity index is 1.76. The lowest BCUT2D eigenvalue weighted by Gasteiger charge is -2.35. The fourth-order valence-corrected chi connectivity index (χ4v) is 2.89. The van der Waals surface area contributed by atoms with Crippen molar-refractivity contribution in [2.45, 2.75) is 32.2 Å². The van der Waals surface area contributed by atoms with Gasteiger partial charge in [0.1, 0.15) is 6.26 Å².